The van der Waals surface area contributed by atoms with Crippen molar-refractivity contribution in [2.75, 3.05) is 0 Å². The minimum atomic E-state index is 0.180. The third kappa shape index (κ3) is 2.84. The van der Waals surface area contributed by atoms with E-state index in [-0.39, 0.29) is 5.78 Å². The highest BCUT2D eigenvalue weighted by Crippen LogP contribution is 2.09. The molecule has 70 valence electrons. The van der Waals surface area contributed by atoms with Gasteiger partial charge in [0.25, 0.3) is 0 Å². The lowest BCUT2D eigenvalue weighted by Gasteiger charge is -1.98. The predicted octanol–water partition coefficient (Wildman–Crippen LogP) is 2.99. The van der Waals surface area contributed by atoms with E-state index < -0.39 is 0 Å². The molecule has 1 heterocycles. The summed E-state index contributed by atoms with van der Waals surface area (Å²) in [4.78, 5) is 11.3. The van der Waals surface area contributed by atoms with Crippen molar-refractivity contribution in [2.24, 2.45) is 0 Å². The molecule has 0 bridgehead atoms. The van der Waals surface area contributed by atoms with Gasteiger partial charge in [-0.3, -0.25) is 4.79 Å². The van der Waals surface area contributed by atoms with Crippen molar-refractivity contribution in [3.05, 3.63) is 35.1 Å². The van der Waals surface area contributed by atoms with Gasteiger partial charge in [-0.1, -0.05) is 29.4 Å². The van der Waals surface area contributed by atoms with Gasteiger partial charge in [0, 0.05) is 28.9 Å². The zero-order valence-electron chi connectivity index (χ0n) is 7.59. The van der Waals surface area contributed by atoms with E-state index in [2.05, 4.69) is 22.5 Å². The molecule has 1 aromatic heterocycles. The molecule has 0 amide bonds. The summed E-state index contributed by atoms with van der Waals surface area (Å²) in [6, 6.07) is 1.84. The van der Waals surface area contributed by atoms with Crippen LogP contribution in [-0.2, 0) is 6.54 Å². The zero-order chi connectivity index (χ0) is 9.84. The highest BCUT2D eigenvalue weighted by molar-refractivity contribution is 9.11. The fourth-order valence-electron chi connectivity index (χ4n) is 1.11. The molecule has 3 heteroatoms. The van der Waals surface area contributed by atoms with Crippen molar-refractivity contribution in [3.63, 3.8) is 0 Å². The lowest BCUT2D eigenvalue weighted by atomic mass is 10.2. The van der Waals surface area contributed by atoms with E-state index in [1.807, 2.05) is 30.0 Å². The number of carbonyl (C=O) groups is 1. The van der Waals surface area contributed by atoms with Gasteiger partial charge in [-0.25, -0.2) is 0 Å². The number of aromatic nitrogens is 1. The summed E-state index contributed by atoms with van der Waals surface area (Å²) in [5.41, 5.74) is 0.774. The molecule has 0 spiro atoms. The first-order valence-electron chi connectivity index (χ1n) is 4.15. The van der Waals surface area contributed by atoms with Gasteiger partial charge in [-0.15, -0.1) is 0 Å². The van der Waals surface area contributed by atoms with E-state index in [1.165, 1.54) is 0 Å². The Balaban J connectivity index is 2.74. The number of Topliss-reactive ketones (excluding diaryl/α,β-unsaturated/α-hetero) is 1. The van der Waals surface area contributed by atoms with Gasteiger partial charge in [0.1, 0.15) is 0 Å². The second-order valence-electron chi connectivity index (χ2n) is 2.87. The SMILES string of the molecule is C=C(Br)Cn1ccc(C(=O)CC)c1. The van der Waals surface area contributed by atoms with E-state index in [0.29, 0.717) is 13.0 Å². The molecule has 0 aliphatic rings. The number of ketones is 1. The van der Waals surface area contributed by atoms with Crippen molar-refractivity contribution < 1.29 is 4.79 Å². The second-order valence-corrected chi connectivity index (χ2v) is 3.99. The molecule has 0 aliphatic carbocycles. The molecule has 2 nitrogen and oxygen atoms in total. The fraction of sp³-hybridized carbons (Fsp3) is 0.300. The van der Waals surface area contributed by atoms with E-state index >= 15 is 0 Å². The molecule has 1 rings (SSSR count). The maximum Gasteiger partial charge on any atom is 0.164 e. The number of carbonyl (C=O) groups excluding carboxylic acids is 1. The summed E-state index contributed by atoms with van der Waals surface area (Å²) in [7, 11) is 0. The molecule has 0 N–H and O–H groups in total. The van der Waals surface area contributed by atoms with Crippen LogP contribution < -0.4 is 0 Å². The first-order valence-corrected chi connectivity index (χ1v) is 4.95. The topological polar surface area (TPSA) is 22.0 Å². The van der Waals surface area contributed by atoms with Gasteiger partial charge in [0.05, 0.1) is 6.54 Å². The first kappa shape index (κ1) is 10.3. The van der Waals surface area contributed by atoms with Crippen LogP contribution in [0.15, 0.2) is 29.5 Å². The van der Waals surface area contributed by atoms with Crippen LogP contribution in [0.1, 0.15) is 23.7 Å². The molecular formula is C10H12BrNO. The molecular weight excluding hydrogens is 230 g/mol. The van der Waals surface area contributed by atoms with Crippen LogP contribution in [0.25, 0.3) is 0 Å². The Morgan fingerprint density at radius 3 is 2.92 bits per heavy atom. The Morgan fingerprint density at radius 2 is 2.38 bits per heavy atom. The minimum absolute atomic E-state index is 0.180. The van der Waals surface area contributed by atoms with Crippen molar-refractivity contribution in [3.8, 4) is 0 Å². The molecule has 0 saturated carbocycles. The Kier molecular flexibility index (Phi) is 3.48. The monoisotopic (exact) mass is 241 g/mol. The van der Waals surface area contributed by atoms with Gasteiger partial charge in [-0.05, 0) is 6.07 Å². The van der Waals surface area contributed by atoms with Crippen LogP contribution in [-0.4, -0.2) is 10.4 Å². The van der Waals surface area contributed by atoms with Crippen LogP contribution in [0.5, 0.6) is 0 Å². The van der Waals surface area contributed by atoms with Crippen LogP contribution >= 0.6 is 15.9 Å². The van der Waals surface area contributed by atoms with Crippen molar-refractivity contribution in [1.29, 1.82) is 0 Å². The summed E-state index contributed by atoms with van der Waals surface area (Å²) in [6.07, 6.45) is 4.28. The molecule has 0 radical (unpaired) electrons. The third-order valence-corrected chi connectivity index (χ3v) is 2.00. The van der Waals surface area contributed by atoms with Crippen LogP contribution in [0.4, 0.5) is 0 Å². The highest BCUT2D eigenvalue weighted by atomic mass is 79.9. The van der Waals surface area contributed by atoms with Crippen molar-refractivity contribution in [2.45, 2.75) is 19.9 Å². The number of nitrogens with zero attached hydrogens (tertiary/aromatic N) is 1. The fourth-order valence-corrected chi connectivity index (χ4v) is 1.40. The number of rotatable bonds is 4. The third-order valence-electron chi connectivity index (χ3n) is 1.75. The normalized spacial score (nSPS) is 10.0. The standard InChI is InChI=1S/C10H12BrNO/c1-3-10(13)9-4-5-12(7-9)6-8(2)11/h4-5,7H,2-3,6H2,1H3. The Bertz CT molecular complexity index is 327. The molecule has 0 aromatic carbocycles. The van der Waals surface area contributed by atoms with Gasteiger partial charge in [-0.2, -0.15) is 0 Å². The zero-order valence-corrected chi connectivity index (χ0v) is 9.17. The predicted molar refractivity (Wildman–Crippen MR) is 57.1 cm³/mol. The number of hydrogen-bond acceptors (Lipinski definition) is 1. The lowest BCUT2D eigenvalue weighted by Crippen LogP contribution is -1.96. The summed E-state index contributed by atoms with van der Waals surface area (Å²) in [6.45, 7) is 6.31. The van der Waals surface area contributed by atoms with E-state index in [1.54, 1.807) is 0 Å². The summed E-state index contributed by atoms with van der Waals surface area (Å²) >= 11 is 3.27. The van der Waals surface area contributed by atoms with Gasteiger partial charge in [0.2, 0.25) is 0 Å². The number of halogens is 1. The van der Waals surface area contributed by atoms with Crippen LogP contribution in [0, 0.1) is 0 Å². The molecule has 0 saturated heterocycles. The molecule has 0 atom stereocenters. The van der Waals surface area contributed by atoms with Crippen LogP contribution in [0.3, 0.4) is 0 Å². The first-order chi connectivity index (χ1) is 6.13. The summed E-state index contributed by atoms with van der Waals surface area (Å²) < 4.78 is 2.83. The minimum Gasteiger partial charge on any atom is -0.349 e. The Hall–Kier alpha value is -0.830. The van der Waals surface area contributed by atoms with E-state index in [9.17, 15) is 4.79 Å². The van der Waals surface area contributed by atoms with Gasteiger partial charge in [0.15, 0.2) is 5.78 Å². The second kappa shape index (κ2) is 4.42. The van der Waals surface area contributed by atoms with Crippen LogP contribution in [0.2, 0.25) is 0 Å². The summed E-state index contributed by atoms with van der Waals surface area (Å²) in [5, 5.41) is 0. The molecule has 0 fully saturated rings. The largest absolute Gasteiger partial charge is 0.349 e. The van der Waals surface area contributed by atoms with Crippen molar-refractivity contribution in [1.82, 2.24) is 4.57 Å². The Labute approximate surface area is 86.4 Å². The molecule has 1 aromatic rings. The highest BCUT2D eigenvalue weighted by Gasteiger charge is 2.04. The van der Waals surface area contributed by atoms with E-state index in [4.69, 9.17) is 0 Å². The van der Waals surface area contributed by atoms with Crippen molar-refractivity contribution >= 4 is 21.7 Å². The maximum absolute atomic E-state index is 11.3. The maximum atomic E-state index is 11.3. The number of allylic oxidation sites excluding steroid dienone is 1. The Morgan fingerprint density at radius 1 is 1.69 bits per heavy atom. The molecule has 0 unspecified atom stereocenters. The number of hydrogen-bond donors (Lipinski definition) is 0. The quantitative estimate of drug-likeness (QED) is 0.744. The van der Waals surface area contributed by atoms with Gasteiger partial charge < -0.3 is 4.57 Å². The molecule has 0 aliphatic heterocycles. The van der Waals surface area contributed by atoms with E-state index in [0.717, 1.165) is 10.0 Å². The molecule has 13 heavy (non-hydrogen) atoms. The summed E-state index contributed by atoms with van der Waals surface area (Å²) in [5.74, 6) is 0.180. The smallest absolute Gasteiger partial charge is 0.164 e. The average molecular weight is 242 g/mol. The lowest BCUT2D eigenvalue weighted by molar-refractivity contribution is 0.0988. The average Bonchev–Trinajstić information content (AvgIpc) is 2.50. The van der Waals surface area contributed by atoms with Gasteiger partial charge >= 0.3 is 0 Å².